The maximum Gasteiger partial charge on any atom is 0.0625 e. The van der Waals surface area contributed by atoms with Crippen LogP contribution in [0.2, 0.25) is 0 Å². The van der Waals surface area contributed by atoms with Crippen molar-refractivity contribution < 1.29 is 0 Å². The van der Waals surface area contributed by atoms with Crippen LogP contribution in [0.3, 0.4) is 0 Å². The zero-order chi connectivity index (χ0) is 11.1. The van der Waals surface area contributed by atoms with Crippen LogP contribution in [0.1, 0.15) is 12.0 Å². The smallest absolute Gasteiger partial charge is 0.0625 e. The van der Waals surface area contributed by atoms with Crippen LogP contribution >= 0.6 is 0 Å². The molecule has 0 radical (unpaired) electrons. The zero-order valence-corrected chi connectivity index (χ0v) is 9.21. The second kappa shape index (κ2) is 5.86. The normalized spacial score (nSPS) is 10.8. The van der Waals surface area contributed by atoms with Crippen LogP contribution in [0, 0.1) is 0 Å². The first-order chi connectivity index (χ1) is 7.95. The topological polar surface area (TPSA) is 12.4 Å². The number of aliphatic imine (C=N–C) groups is 1. The fraction of sp³-hybridized carbons (Fsp3) is 0.133. The first-order valence-electron chi connectivity index (χ1n) is 5.56. The number of para-hydroxylation sites is 1. The number of benzene rings is 2. The molecule has 0 aliphatic rings. The van der Waals surface area contributed by atoms with Gasteiger partial charge >= 0.3 is 0 Å². The highest BCUT2D eigenvalue weighted by Gasteiger charge is 1.89. The lowest BCUT2D eigenvalue weighted by Gasteiger charge is -1.96. The maximum atomic E-state index is 4.40. The van der Waals surface area contributed by atoms with Crippen LogP contribution in [-0.2, 0) is 6.42 Å². The van der Waals surface area contributed by atoms with E-state index in [4.69, 9.17) is 0 Å². The van der Waals surface area contributed by atoms with Gasteiger partial charge in [0, 0.05) is 6.21 Å². The van der Waals surface area contributed by atoms with Crippen molar-refractivity contribution in [2.75, 3.05) is 0 Å². The molecule has 80 valence electrons. The van der Waals surface area contributed by atoms with Gasteiger partial charge in [0.25, 0.3) is 0 Å². The molecule has 0 saturated heterocycles. The first kappa shape index (κ1) is 10.6. The number of aryl methyl sites for hydroxylation is 1. The number of hydrogen-bond donors (Lipinski definition) is 0. The molecule has 1 nitrogen and oxygen atoms in total. The van der Waals surface area contributed by atoms with Crippen LogP contribution in [0.15, 0.2) is 65.7 Å². The number of rotatable bonds is 4. The van der Waals surface area contributed by atoms with Crippen molar-refractivity contribution in [1.29, 1.82) is 0 Å². The lowest BCUT2D eigenvalue weighted by atomic mass is 10.1. The molecule has 0 N–H and O–H groups in total. The second-order valence-corrected chi connectivity index (χ2v) is 3.67. The highest BCUT2D eigenvalue weighted by molar-refractivity contribution is 5.63. The second-order valence-electron chi connectivity index (χ2n) is 3.67. The summed E-state index contributed by atoms with van der Waals surface area (Å²) >= 11 is 0. The van der Waals surface area contributed by atoms with Gasteiger partial charge in [0.05, 0.1) is 5.69 Å². The molecule has 0 heterocycles. The van der Waals surface area contributed by atoms with Gasteiger partial charge in [0.2, 0.25) is 0 Å². The minimum absolute atomic E-state index is 0.985. The molecule has 2 aromatic carbocycles. The summed E-state index contributed by atoms with van der Waals surface area (Å²) in [5, 5.41) is 0. The number of hydrogen-bond acceptors (Lipinski definition) is 1. The number of nitrogens with zero attached hydrogens (tertiary/aromatic N) is 1. The highest BCUT2D eigenvalue weighted by atomic mass is 14.7. The summed E-state index contributed by atoms with van der Waals surface area (Å²) in [6, 6.07) is 20.5. The van der Waals surface area contributed by atoms with Crippen LogP contribution in [0.5, 0.6) is 0 Å². The minimum Gasteiger partial charge on any atom is -0.261 e. The molecule has 0 fully saturated rings. The van der Waals surface area contributed by atoms with Gasteiger partial charge in [-0.15, -0.1) is 0 Å². The van der Waals surface area contributed by atoms with E-state index in [9.17, 15) is 0 Å². The van der Waals surface area contributed by atoms with Gasteiger partial charge in [-0.3, -0.25) is 4.99 Å². The Kier molecular flexibility index (Phi) is 3.89. The van der Waals surface area contributed by atoms with E-state index in [1.165, 1.54) is 5.56 Å². The lowest BCUT2D eigenvalue weighted by Crippen LogP contribution is -1.84. The first-order valence-corrected chi connectivity index (χ1v) is 5.56. The van der Waals surface area contributed by atoms with Crippen molar-refractivity contribution in [3.63, 3.8) is 0 Å². The molecule has 0 atom stereocenters. The van der Waals surface area contributed by atoms with Crippen molar-refractivity contribution in [3.8, 4) is 0 Å². The Bertz CT molecular complexity index is 432. The standard InChI is InChI=1S/C15H15N/c1-3-8-14(9-4-1)10-7-13-16-15-11-5-2-6-12-15/h1-6,8-9,11-13H,7,10H2/b16-13+. The van der Waals surface area contributed by atoms with Crippen molar-refractivity contribution in [2.45, 2.75) is 12.8 Å². The molecule has 0 aromatic heterocycles. The Labute approximate surface area is 96.5 Å². The van der Waals surface area contributed by atoms with Crippen LogP contribution in [0.25, 0.3) is 0 Å². The Hall–Kier alpha value is -1.89. The van der Waals surface area contributed by atoms with Gasteiger partial charge in [-0.05, 0) is 30.5 Å². The molecule has 0 amide bonds. The summed E-state index contributed by atoms with van der Waals surface area (Å²) in [6.45, 7) is 0. The SMILES string of the molecule is C(/CCc1ccccc1)=N\c1ccccc1. The summed E-state index contributed by atoms with van der Waals surface area (Å²) in [4.78, 5) is 4.40. The average Bonchev–Trinajstić information content (AvgIpc) is 2.37. The molecule has 0 spiro atoms. The zero-order valence-electron chi connectivity index (χ0n) is 9.21. The van der Waals surface area contributed by atoms with E-state index >= 15 is 0 Å². The van der Waals surface area contributed by atoms with E-state index in [-0.39, 0.29) is 0 Å². The molecule has 0 saturated carbocycles. The van der Waals surface area contributed by atoms with E-state index < -0.39 is 0 Å². The van der Waals surface area contributed by atoms with Crippen molar-refractivity contribution in [3.05, 3.63) is 66.2 Å². The monoisotopic (exact) mass is 209 g/mol. The van der Waals surface area contributed by atoms with Gasteiger partial charge in [0.15, 0.2) is 0 Å². The van der Waals surface area contributed by atoms with Gasteiger partial charge in [-0.2, -0.15) is 0 Å². The molecular weight excluding hydrogens is 194 g/mol. The summed E-state index contributed by atoms with van der Waals surface area (Å²) in [5.74, 6) is 0. The van der Waals surface area contributed by atoms with Gasteiger partial charge in [0.1, 0.15) is 0 Å². The minimum atomic E-state index is 0.985. The Morgan fingerprint density at radius 3 is 2.12 bits per heavy atom. The molecular formula is C15H15N. The van der Waals surface area contributed by atoms with Crippen molar-refractivity contribution >= 4 is 11.9 Å². The van der Waals surface area contributed by atoms with E-state index in [2.05, 4.69) is 29.3 Å². The third-order valence-electron chi connectivity index (χ3n) is 2.40. The molecule has 2 aromatic rings. The molecule has 0 bridgehead atoms. The molecule has 2 rings (SSSR count). The molecule has 0 aliphatic carbocycles. The highest BCUT2D eigenvalue weighted by Crippen LogP contribution is 2.09. The summed E-state index contributed by atoms with van der Waals surface area (Å²) in [7, 11) is 0. The maximum absolute atomic E-state index is 4.40. The summed E-state index contributed by atoms with van der Waals surface area (Å²) in [6.07, 6.45) is 4.03. The molecule has 0 aliphatic heterocycles. The van der Waals surface area contributed by atoms with Gasteiger partial charge in [-0.1, -0.05) is 48.5 Å². The Morgan fingerprint density at radius 2 is 1.44 bits per heavy atom. The van der Waals surface area contributed by atoms with Gasteiger partial charge < -0.3 is 0 Å². The van der Waals surface area contributed by atoms with E-state index in [1.54, 1.807) is 0 Å². The van der Waals surface area contributed by atoms with Crippen molar-refractivity contribution in [1.82, 2.24) is 0 Å². The van der Waals surface area contributed by atoms with Crippen molar-refractivity contribution in [2.24, 2.45) is 4.99 Å². The van der Waals surface area contributed by atoms with E-state index in [0.29, 0.717) is 0 Å². The summed E-state index contributed by atoms with van der Waals surface area (Å²) < 4.78 is 0. The van der Waals surface area contributed by atoms with Crippen LogP contribution < -0.4 is 0 Å². The lowest BCUT2D eigenvalue weighted by molar-refractivity contribution is 1.05. The molecule has 1 heteroatoms. The Balaban J connectivity index is 1.83. The predicted octanol–water partition coefficient (Wildman–Crippen LogP) is 4.02. The van der Waals surface area contributed by atoms with Crippen LogP contribution in [0.4, 0.5) is 5.69 Å². The van der Waals surface area contributed by atoms with Crippen LogP contribution in [-0.4, -0.2) is 6.21 Å². The van der Waals surface area contributed by atoms with E-state index in [0.717, 1.165) is 18.5 Å². The fourth-order valence-electron chi connectivity index (χ4n) is 1.56. The summed E-state index contributed by atoms with van der Waals surface area (Å²) in [5.41, 5.74) is 2.39. The fourth-order valence-corrected chi connectivity index (χ4v) is 1.56. The van der Waals surface area contributed by atoms with Gasteiger partial charge in [-0.25, -0.2) is 0 Å². The molecule has 0 unspecified atom stereocenters. The van der Waals surface area contributed by atoms with E-state index in [1.807, 2.05) is 42.6 Å². The average molecular weight is 209 g/mol. The molecule has 16 heavy (non-hydrogen) atoms. The quantitative estimate of drug-likeness (QED) is 0.674. The largest absolute Gasteiger partial charge is 0.261 e. The third kappa shape index (κ3) is 3.35. The predicted molar refractivity (Wildman–Crippen MR) is 69.4 cm³/mol. The third-order valence-corrected chi connectivity index (χ3v) is 2.40. The Morgan fingerprint density at radius 1 is 0.812 bits per heavy atom.